The first-order chi connectivity index (χ1) is 6.90. The average molecular weight is 187 g/mol. The zero-order valence-electron chi connectivity index (χ0n) is 7.03. The van der Waals surface area contributed by atoms with E-state index in [4.69, 9.17) is 0 Å². The maximum Gasteiger partial charge on any atom is 0.240 e. The van der Waals surface area contributed by atoms with Gasteiger partial charge in [0, 0.05) is 0 Å². The van der Waals surface area contributed by atoms with Crippen molar-refractivity contribution in [2.24, 2.45) is 4.99 Å². The van der Waals surface area contributed by atoms with Gasteiger partial charge in [0.05, 0.1) is 24.3 Å². The number of nitrogens with zero attached hydrogens (tertiary/aromatic N) is 5. The summed E-state index contributed by atoms with van der Waals surface area (Å²) in [6.45, 7) is 0. The normalized spacial score (nSPS) is 9.43. The van der Waals surface area contributed by atoms with Crippen molar-refractivity contribution >= 4 is 11.8 Å². The molecule has 0 aliphatic rings. The highest BCUT2D eigenvalue weighted by Crippen LogP contribution is 2.10. The molecule has 6 heteroatoms. The van der Waals surface area contributed by atoms with Crippen LogP contribution >= 0.6 is 0 Å². The standard InChI is InChI=1S/C8H5N5O/c14-6-10-7-1-2-8(9-5-7)13-11-3-4-12-13/h1-5H. The van der Waals surface area contributed by atoms with Crippen molar-refractivity contribution < 1.29 is 4.79 Å². The van der Waals surface area contributed by atoms with Gasteiger partial charge in [-0.2, -0.15) is 15.2 Å². The van der Waals surface area contributed by atoms with Crippen LogP contribution < -0.4 is 0 Å². The molecule has 0 aliphatic heterocycles. The number of isocyanates is 1. The SMILES string of the molecule is O=C=Nc1ccc(-n2nccn2)nc1. The molecule has 0 aliphatic carbocycles. The number of carbonyl (C=O) groups excluding carboxylic acids is 1. The van der Waals surface area contributed by atoms with Crippen molar-refractivity contribution in [3.05, 3.63) is 30.7 Å². The summed E-state index contributed by atoms with van der Waals surface area (Å²) in [5.41, 5.74) is 0.455. The fourth-order valence-corrected chi connectivity index (χ4v) is 0.949. The summed E-state index contributed by atoms with van der Waals surface area (Å²) in [7, 11) is 0. The molecule has 14 heavy (non-hydrogen) atoms. The molecule has 0 unspecified atom stereocenters. The number of aliphatic imine (C=N–C) groups is 1. The maximum atomic E-state index is 9.94. The van der Waals surface area contributed by atoms with E-state index in [1.807, 2.05) is 0 Å². The van der Waals surface area contributed by atoms with Crippen molar-refractivity contribution in [1.82, 2.24) is 20.0 Å². The fraction of sp³-hybridized carbons (Fsp3) is 0. The third kappa shape index (κ3) is 1.55. The van der Waals surface area contributed by atoms with E-state index >= 15 is 0 Å². The number of pyridine rings is 1. The quantitative estimate of drug-likeness (QED) is 0.510. The lowest BCUT2D eigenvalue weighted by molar-refractivity contribution is 0.565. The van der Waals surface area contributed by atoms with Crippen LogP contribution in [0.25, 0.3) is 5.82 Å². The highest BCUT2D eigenvalue weighted by atomic mass is 16.1. The molecule has 0 saturated carbocycles. The highest BCUT2D eigenvalue weighted by Gasteiger charge is 1.97. The van der Waals surface area contributed by atoms with Gasteiger partial charge in [0.2, 0.25) is 6.08 Å². The van der Waals surface area contributed by atoms with Crippen LogP contribution in [0.15, 0.2) is 35.7 Å². The van der Waals surface area contributed by atoms with Gasteiger partial charge in [-0.1, -0.05) is 0 Å². The third-order valence-corrected chi connectivity index (χ3v) is 1.53. The Morgan fingerprint density at radius 3 is 2.64 bits per heavy atom. The van der Waals surface area contributed by atoms with E-state index in [-0.39, 0.29) is 0 Å². The summed E-state index contributed by atoms with van der Waals surface area (Å²) < 4.78 is 0. The predicted molar refractivity (Wildman–Crippen MR) is 46.9 cm³/mol. The van der Waals surface area contributed by atoms with E-state index in [0.717, 1.165) is 0 Å². The largest absolute Gasteiger partial charge is 0.240 e. The summed E-state index contributed by atoms with van der Waals surface area (Å²) in [5.74, 6) is 0.569. The van der Waals surface area contributed by atoms with Crippen LogP contribution in [0.2, 0.25) is 0 Å². The molecule has 0 radical (unpaired) electrons. The van der Waals surface area contributed by atoms with Crippen LogP contribution in [-0.4, -0.2) is 26.1 Å². The van der Waals surface area contributed by atoms with Crippen LogP contribution in [0, 0.1) is 0 Å². The molecule has 0 N–H and O–H groups in total. The van der Waals surface area contributed by atoms with Crippen LogP contribution in [0.3, 0.4) is 0 Å². The van der Waals surface area contributed by atoms with Crippen molar-refractivity contribution in [2.75, 3.05) is 0 Å². The topological polar surface area (TPSA) is 73.0 Å². The Balaban J connectivity index is 2.35. The summed E-state index contributed by atoms with van der Waals surface area (Å²) >= 11 is 0. The van der Waals surface area contributed by atoms with Crippen LogP contribution in [0.1, 0.15) is 0 Å². The van der Waals surface area contributed by atoms with Gasteiger partial charge in [-0.3, -0.25) is 0 Å². The smallest absolute Gasteiger partial charge is 0.233 e. The Labute approximate surface area is 78.9 Å². The first-order valence-corrected chi connectivity index (χ1v) is 3.81. The van der Waals surface area contributed by atoms with Gasteiger partial charge in [-0.25, -0.2) is 9.78 Å². The van der Waals surface area contributed by atoms with Gasteiger partial charge in [0.25, 0.3) is 0 Å². The average Bonchev–Trinajstić information content (AvgIpc) is 2.72. The van der Waals surface area contributed by atoms with Gasteiger partial charge < -0.3 is 0 Å². The van der Waals surface area contributed by atoms with E-state index in [9.17, 15) is 4.79 Å². The summed E-state index contributed by atoms with van der Waals surface area (Å²) in [6.07, 6.45) is 5.99. The molecule has 0 atom stereocenters. The number of aromatic nitrogens is 4. The molecular formula is C8H5N5O. The Bertz CT molecular complexity index is 455. The molecule has 0 amide bonds. The predicted octanol–water partition coefficient (Wildman–Crippen LogP) is 0.630. The van der Waals surface area contributed by atoms with Crippen LogP contribution in [-0.2, 0) is 4.79 Å². The molecule has 2 rings (SSSR count). The minimum Gasteiger partial charge on any atom is -0.233 e. The van der Waals surface area contributed by atoms with Gasteiger partial charge in [-0.15, -0.1) is 4.80 Å². The van der Waals surface area contributed by atoms with Crippen molar-refractivity contribution in [2.45, 2.75) is 0 Å². The molecule has 0 spiro atoms. The summed E-state index contributed by atoms with van der Waals surface area (Å²) in [4.78, 5) is 18.7. The van der Waals surface area contributed by atoms with Gasteiger partial charge in [-0.05, 0) is 12.1 Å². The number of hydrogen-bond donors (Lipinski definition) is 0. The molecular weight excluding hydrogens is 182 g/mol. The zero-order chi connectivity index (χ0) is 9.80. The molecule has 2 heterocycles. The molecule has 6 nitrogen and oxygen atoms in total. The molecule has 0 fully saturated rings. The number of rotatable bonds is 2. The van der Waals surface area contributed by atoms with Gasteiger partial charge >= 0.3 is 0 Å². The van der Waals surface area contributed by atoms with E-state index < -0.39 is 0 Å². The Morgan fingerprint density at radius 2 is 2.07 bits per heavy atom. The first-order valence-electron chi connectivity index (χ1n) is 3.81. The molecule has 2 aromatic rings. The van der Waals surface area contributed by atoms with E-state index in [0.29, 0.717) is 11.5 Å². The van der Waals surface area contributed by atoms with E-state index in [1.165, 1.54) is 17.1 Å². The molecule has 0 saturated heterocycles. The van der Waals surface area contributed by atoms with Crippen LogP contribution in [0.5, 0.6) is 0 Å². The minimum absolute atomic E-state index is 0.455. The maximum absolute atomic E-state index is 9.94. The van der Waals surface area contributed by atoms with Crippen molar-refractivity contribution in [3.63, 3.8) is 0 Å². The third-order valence-electron chi connectivity index (χ3n) is 1.53. The summed E-state index contributed by atoms with van der Waals surface area (Å²) in [5, 5.41) is 7.79. The molecule has 0 bridgehead atoms. The van der Waals surface area contributed by atoms with Crippen molar-refractivity contribution in [1.29, 1.82) is 0 Å². The van der Waals surface area contributed by atoms with Crippen molar-refractivity contribution in [3.8, 4) is 5.82 Å². The van der Waals surface area contributed by atoms with Gasteiger partial charge in [0.1, 0.15) is 0 Å². The Kier molecular flexibility index (Phi) is 2.12. The lowest BCUT2D eigenvalue weighted by Gasteiger charge is -1.96. The van der Waals surface area contributed by atoms with E-state index in [2.05, 4.69) is 20.2 Å². The van der Waals surface area contributed by atoms with Gasteiger partial charge in [0.15, 0.2) is 5.82 Å². The Hall–Kier alpha value is -2.33. The zero-order valence-corrected chi connectivity index (χ0v) is 7.03. The lowest BCUT2D eigenvalue weighted by atomic mass is 10.4. The first kappa shape index (κ1) is 8.28. The molecule has 0 aromatic carbocycles. The second kappa shape index (κ2) is 3.59. The second-order valence-corrected chi connectivity index (χ2v) is 2.40. The minimum atomic E-state index is 0.455. The fourth-order valence-electron chi connectivity index (χ4n) is 0.949. The number of hydrogen-bond acceptors (Lipinski definition) is 5. The van der Waals surface area contributed by atoms with Crippen LogP contribution in [0.4, 0.5) is 5.69 Å². The highest BCUT2D eigenvalue weighted by molar-refractivity contribution is 5.48. The van der Waals surface area contributed by atoms with E-state index in [1.54, 1.807) is 24.5 Å². The molecule has 2 aromatic heterocycles. The molecule has 68 valence electrons. The summed E-state index contributed by atoms with van der Waals surface area (Å²) in [6, 6.07) is 3.30. The monoisotopic (exact) mass is 187 g/mol. The lowest BCUT2D eigenvalue weighted by Crippen LogP contribution is -2.00. The Morgan fingerprint density at radius 1 is 1.29 bits per heavy atom. The second-order valence-electron chi connectivity index (χ2n) is 2.40.